The van der Waals surface area contributed by atoms with Gasteiger partial charge >= 0.3 is 0 Å². The summed E-state index contributed by atoms with van der Waals surface area (Å²) in [5, 5.41) is 9.33. The van der Waals surface area contributed by atoms with Crippen molar-refractivity contribution >= 4 is 33.1 Å². The molecule has 2 heterocycles. The number of nitrogens with one attached hydrogen (secondary N) is 1. The fourth-order valence-electron chi connectivity index (χ4n) is 2.23. The smallest absolute Gasteiger partial charge is 0.247 e. The van der Waals surface area contributed by atoms with Crippen molar-refractivity contribution < 1.29 is 8.42 Å². The first-order valence-corrected chi connectivity index (χ1v) is 10.1. The maximum absolute atomic E-state index is 11.5. The Balaban J connectivity index is 2.32. The number of hydrogen-bond acceptors (Lipinski definition) is 5. The molecule has 0 amide bonds. The summed E-state index contributed by atoms with van der Waals surface area (Å²) in [6.07, 6.45) is 2.17. The van der Waals surface area contributed by atoms with Crippen molar-refractivity contribution in [2.75, 3.05) is 6.54 Å². The quantitative estimate of drug-likeness (QED) is 0.888. The highest BCUT2D eigenvalue weighted by Crippen LogP contribution is 2.44. The van der Waals surface area contributed by atoms with E-state index in [1.165, 1.54) is 11.3 Å². The average molecular weight is 335 g/mol. The molecule has 2 atom stereocenters. The van der Waals surface area contributed by atoms with Crippen molar-refractivity contribution in [3.63, 3.8) is 0 Å². The second kappa shape index (κ2) is 6.36. The van der Waals surface area contributed by atoms with Crippen molar-refractivity contribution in [2.24, 2.45) is 11.1 Å². The Kier molecular flexibility index (Phi) is 5.18. The molecule has 0 aliphatic carbocycles. The first kappa shape index (κ1) is 16.3. The molecule has 1 aliphatic heterocycles. The molecule has 0 spiro atoms. The third-order valence-corrected chi connectivity index (χ3v) is 7.29. The van der Waals surface area contributed by atoms with E-state index in [0.29, 0.717) is 11.2 Å². The Labute approximate surface area is 129 Å². The molecule has 3 N–H and O–H groups in total. The predicted molar refractivity (Wildman–Crippen MR) is 85.8 cm³/mol. The van der Waals surface area contributed by atoms with Crippen LogP contribution < -0.4 is 10.5 Å². The van der Waals surface area contributed by atoms with E-state index in [9.17, 15) is 8.42 Å². The van der Waals surface area contributed by atoms with Crippen LogP contribution in [0.5, 0.6) is 0 Å². The molecular weight excluding hydrogens is 312 g/mol. The van der Waals surface area contributed by atoms with Crippen LogP contribution in [0.15, 0.2) is 14.5 Å². The van der Waals surface area contributed by atoms with Gasteiger partial charge in [0.1, 0.15) is 4.21 Å². The van der Waals surface area contributed by atoms with E-state index in [1.807, 2.05) is 0 Å². The highest BCUT2D eigenvalue weighted by Gasteiger charge is 2.27. The number of primary sulfonamides is 1. The lowest BCUT2D eigenvalue weighted by molar-refractivity contribution is 0.443. The Morgan fingerprint density at radius 2 is 2.15 bits per heavy atom. The molecular formula is C13H22N2O2S3. The van der Waals surface area contributed by atoms with Gasteiger partial charge in [0.25, 0.3) is 0 Å². The molecule has 0 saturated carbocycles. The molecule has 1 aromatic rings. The highest BCUT2D eigenvalue weighted by molar-refractivity contribution is 8.02. The minimum atomic E-state index is -3.60. The van der Waals surface area contributed by atoms with Crippen molar-refractivity contribution in [3.8, 4) is 0 Å². The second-order valence-corrected chi connectivity index (χ2v) is 10.3. The number of thiophene rings is 1. The fourth-order valence-corrected chi connectivity index (χ4v) is 5.99. The van der Waals surface area contributed by atoms with Crippen molar-refractivity contribution in [2.45, 2.75) is 53.3 Å². The van der Waals surface area contributed by atoms with E-state index in [4.69, 9.17) is 5.14 Å². The molecule has 0 aromatic carbocycles. The Hall–Kier alpha value is -0.0800. The summed E-state index contributed by atoms with van der Waals surface area (Å²) in [5.41, 5.74) is 1.11. The molecule has 20 heavy (non-hydrogen) atoms. The number of rotatable bonds is 4. The number of nitrogens with two attached hydrogens (primary N) is 1. The molecule has 114 valence electrons. The number of sulfonamides is 1. The van der Waals surface area contributed by atoms with Gasteiger partial charge in [0.05, 0.1) is 4.21 Å². The largest absolute Gasteiger partial charge is 0.310 e. The summed E-state index contributed by atoms with van der Waals surface area (Å²) in [5.74, 6) is 0.572. The first-order chi connectivity index (χ1) is 9.27. The third-order valence-electron chi connectivity index (χ3n) is 3.30. The van der Waals surface area contributed by atoms with Gasteiger partial charge in [-0.25, -0.2) is 13.6 Å². The number of thioether (sulfide) groups is 1. The summed E-state index contributed by atoms with van der Waals surface area (Å²) in [4.78, 5) is 0. The predicted octanol–water partition coefficient (Wildman–Crippen LogP) is 2.96. The van der Waals surface area contributed by atoms with Gasteiger partial charge in [-0.2, -0.15) is 0 Å². The van der Waals surface area contributed by atoms with E-state index in [2.05, 4.69) is 26.1 Å². The van der Waals surface area contributed by atoms with Crippen LogP contribution in [0, 0.1) is 5.92 Å². The molecule has 7 heteroatoms. The summed E-state index contributed by atoms with van der Waals surface area (Å²) < 4.78 is 24.5. The van der Waals surface area contributed by atoms with Crippen LogP contribution in [0.3, 0.4) is 0 Å². The summed E-state index contributed by atoms with van der Waals surface area (Å²) >= 11 is 3.07. The van der Waals surface area contributed by atoms with E-state index >= 15 is 0 Å². The normalized spacial score (nSPS) is 23.6. The molecule has 0 radical (unpaired) electrons. The summed E-state index contributed by atoms with van der Waals surface area (Å²) in [6.45, 7) is 7.47. The van der Waals surface area contributed by atoms with Gasteiger partial charge in [0.2, 0.25) is 10.0 Å². The van der Waals surface area contributed by atoms with Crippen LogP contribution in [0.25, 0.3) is 0 Å². The Morgan fingerprint density at radius 1 is 1.45 bits per heavy atom. The topological polar surface area (TPSA) is 72.2 Å². The van der Waals surface area contributed by atoms with Gasteiger partial charge in [-0.3, -0.25) is 0 Å². The van der Waals surface area contributed by atoms with Gasteiger partial charge in [-0.15, -0.1) is 23.1 Å². The van der Waals surface area contributed by atoms with E-state index in [1.54, 1.807) is 17.8 Å². The summed E-state index contributed by atoms with van der Waals surface area (Å²) in [6, 6.07) is 2.00. The van der Waals surface area contributed by atoms with Crippen LogP contribution in [-0.4, -0.2) is 20.2 Å². The molecule has 1 aromatic heterocycles. The zero-order valence-corrected chi connectivity index (χ0v) is 14.5. The molecule has 0 bridgehead atoms. The van der Waals surface area contributed by atoms with Crippen LogP contribution in [-0.2, 0) is 10.0 Å². The average Bonchev–Trinajstić information content (AvgIpc) is 2.66. The first-order valence-electron chi connectivity index (χ1n) is 6.84. The number of fused-ring (bicyclic) bond motifs is 1. The maximum Gasteiger partial charge on any atom is 0.247 e. The maximum atomic E-state index is 11.5. The zero-order chi connectivity index (χ0) is 14.9. The molecule has 0 fully saturated rings. The van der Waals surface area contributed by atoms with Gasteiger partial charge in [-0.05, 0) is 36.9 Å². The lowest BCUT2D eigenvalue weighted by Gasteiger charge is -2.18. The molecule has 0 saturated heterocycles. The Morgan fingerprint density at radius 3 is 2.75 bits per heavy atom. The van der Waals surface area contributed by atoms with E-state index in [0.717, 1.165) is 29.2 Å². The molecule has 1 aliphatic rings. The highest BCUT2D eigenvalue weighted by atomic mass is 32.3. The van der Waals surface area contributed by atoms with Gasteiger partial charge in [-0.1, -0.05) is 20.8 Å². The van der Waals surface area contributed by atoms with E-state index in [-0.39, 0.29) is 10.3 Å². The van der Waals surface area contributed by atoms with E-state index < -0.39 is 10.0 Å². The SMILES string of the molecule is CC(C)CNC1CCC(C)Sc2sc(S(N)(=O)=O)cc21. The minimum absolute atomic E-state index is 0.233. The Bertz CT molecular complexity index is 566. The van der Waals surface area contributed by atoms with Crippen LogP contribution in [0.1, 0.15) is 45.2 Å². The third kappa shape index (κ3) is 3.98. The van der Waals surface area contributed by atoms with Crippen LogP contribution in [0.4, 0.5) is 0 Å². The number of hydrogen-bond donors (Lipinski definition) is 2. The van der Waals surface area contributed by atoms with Crippen LogP contribution >= 0.6 is 23.1 Å². The second-order valence-electron chi connectivity index (χ2n) is 5.71. The molecule has 2 unspecified atom stereocenters. The minimum Gasteiger partial charge on any atom is -0.310 e. The van der Waals surface area contributed by atoms with Gasteiger partial charge < -0.3 is 5.32 Å². The van der Waals surface area contributed by atoms with Crippen molar-refractivity contribution in [3.05, 3.63) is 11.6 Å². The lowest BCUT2D eigenvalue weighted by atomic mass is 10.0. The summed E-state index contributed by atoms with van der Waals surface area (Å²) in [7, 11) is -3.60. The standard InChI is InChI=1S/C13H22N2O2S3/c1-8(2)7-15-11-5-4-9(3)18-13-10(11)6-12(19-13)20(14,16)17/h6,8-9,11,15H,4-5,7H2,1-3H3,(H2,14,16,17). The molecule has 2 rings (SSSR count). The monoisotopic (exact) mass is 334 g/mol. The van der Waals surface area contributed by atoms with Gasteiger partial charge in [0.15, 0.2) is 0 Å². The molecule has 4 nitrogen and oxygen atoms in total. The van der Waals surface area contributed by atoms with Crippen molar-refractivity contribution in [1.82, 2.24) is 5.32 Å². The van der Waals surface area contributed by atoms with Crippen molar-refractivity contribution in [1.29, 1.82) is 0 Å². The zero-order valence-electron chi connectivity index (χ0n) is 12.0. The fraction of sp³-hybridized carbons (Fsp3) is 0.692. The van der Waals surface area contributed by atoms with Gasteiger partial charge in [0, 0.05) is 11.3 Å². The lowest BCUT2D eigenvalue weighted by Crippen LogP contribution is -2.25. The van der Waals surface area contributed by atoms with Crippen LogP contribution in [0.2, 0.25) is 0 Å².